The third-order valence-electron chi connectivity index (χ3n) is 5.72. The van der Waals surface area contributed by atoms with Gasteiger partial charge in [0.1, 0.15) is 12.3 Å². The molecule has 2 aliphatic carbocycles. The summed E-state index contributed by atoms with van der Waals surface area (Å²) in [7, 11) is 0. The molecule has 22 heavy (non-hydrogen) atoms. The molecule has 2 aliphatic heterocycles. The minimum Gasteiger partial charge on any atom is -0.346 e. The van der Waals surface area contributed by atoms with E-state index in [9.17, 15) is 18.4 Å². The molecule has 1 spiro atoms. The van der Waals surface area contributed by atoms with Gasteiger partial charge in [-0.15, -0.1) is 0 Å². The number of ether oxygens (including phenoxy) is 1. The van der Waals surface area contributed by atoms with Gasteiger partial charge in [-0.3, -0.25) is 9.59 Å². The van der Waals surface area contributed by atoms with Crippen molar-refractivity contribution in [2.75, 3.05) is 19.7 Å². The zero-order valence-electron chi connectivity index (χ0n) is 12.3. The number of carbonyl (C=O) groups excluding carboxylic acids is 2. The monoisotopic (exact) mass is 314 g/mol. The standard InChI is InChI=1S/C15H20F2N2O3/c16-15(17)3-1-2-9-11(12(9)15)13(21)19-6-4-14(5-7-19)18-10(20)8-22-14/h9,11-12H,1-8H2,(H,18,20). The molecule has 2 amide bonds. The van der Waals surface area contributed by atoms with Crippen molar-refractivity contribution in [1.82, 2.24) is 10.2 Å². The Hall–Kier alpha value is -1.24. The van der Waals surface area contributed by atoms with E-state index in [0.29, 0.717) is 32.4 Å². The van der Waals surface area contributed by atoms with Crippen LogP contribution in [-0.2, 0) is 14.3 Å². The highest BCUT2D eigenvalue weighted by Crippen LogP contribution is 2.62. The smallest absolute Gasteiger partial charge is 0.252 e. The van der Waals surface area contributed by atoms with E-state index in [-0.39, 0.29) is 30.8 Å². The number of fused-ring (bicyclic) bond motifs is 1. The number of hydrogen-bond acceptors (Lipinski definition) is 3. The van der Waals surface area contributed by atoms with Crippen LogP contribution in [0.5, 0.6) is 0 Å². The van der Waals surface area contributed by atoms with E-state index < -0.39 is 23.5 Å². The second-order valence-electron chi connectivity index (χ2n) is 7.03. The molecular formula is C15H20F2N2O3. The molecular weight excluding hydrogens is 294 g/mol. The first kappa shape index (κ1) is 14.4. The molecule has 4 fully saturated rings. The molecule has 3 atom stereocenters. The van der Waals surface area contributed by atoms with Crippen LogP contribution in [0, 0.1) is 17.8 Å². The van der Waals surface area contributed by atoms with Gasteiger partial charge >= 0.3 is 0 Å². The summed E-state index contributed by atoms with van der Waals surface area (Å²) >= 11 is 0. The molecule has 0 aromatic carbocycles. The van der Waals surface area contributed by atoms with Gasteiger partial charge in [-0.1, -0.05) is 0 Å². The van der Waals surface area contributed by atoms with Crippen LogP contribution in [0.2, 0.25) is 0 Å². The number of amides is 2. The van der Waals surface area contributed by atoms with Crippen molar-refractivity contribution in [2.24, 2.45) is 17.8 Å². The lowest BCUT2D eigenvalue weighted by Gasteiger charge is -2.38. The third kappa shape index (κ3) is 2.13. The minimum absolute atomic E-state index is 0.0624. The summed E-state index contributed by atoms with van der Waals surface area (Å²) in [5.41, 5.74) is -0.645. The molecule has 122 valence electrons. The second-order valence-corrected chi connectivity index (χ2v) is 7.03. The van der Waals surface area contributed by atoms with Gasteiger partial charge in [0.25, 0.3) is 5.92 Å². The number of nitrogens with zero attached hydrogens (tertiary/aromatic N) is 1. The lowest BCUT2D eigenvalue weighted by atomic mass is 9.97. The predicted molar refractivity (Wildman–Crippen MR) is 71.9 cm³/mol. The number of rotatable bonds is 1. The van der Waals surface area contributed by atoms with Crippen molar-refractivity contribution in [1.29, 1.82) is 0 Å². The second kappa shape index (κ2) is 4.63. The summed E-state index contributed by atoms with van der Waals surface area (Å²) in [6, 6.07) is 0. The number of alkyl halides is 2. The van der Waals surface area contributed by atoms with E-state index in [1.54, 1.807) is 4.90 Å². The molecule has 4 rings (SSSR count). The van der Waals surface area contributed by atoms with Gasteiger partial charge in [-0.05, 0) is 18.8 Å². The molecule has 0 bridgehead atoms. The van der Waals surface area contributed by atoms with Crippen LogP contribution in [-0.4, -0.2) is 48.1 Å². The third-order valence-corrected chi connectivity index (χ3v) is 5.72. The number of likely N-dealkylation sites (tertiary alicyclic amines) is 1. The summed E-state index contributed by atoms with van der Waals surface area (Å²) in [6.45, 7) is 0.980. The average Bonchev–Trinajstić information content (AvgIpc) is 3.12. The molecule has 0 aromatic rings. The van der Waals surface area contributed by atoms with Crippen molar-refractivity contribution in [3.8, 4) is 0 Å². The van der Waals surface area contributed by atoms with Gasteiger partial charge < -0.3 is 15.0 Å². The van der Waals surface area contributed by atoms with E-state index in [2.05, 4.69) is 5.32 Å². The van der Waals surface area contributed by atoms with Crippen LogP contribution in [0.15, 0.2) is 0 Å². The summed E-state index contributed by atoms with van der Waals surface area (Å²) in [6.07, 6.45) is 2.24. The maximum absolute atomic E-state index is 13.9. The fraction of sp³-hybridized carbons (Fsp3) is 0.867. The van der Waals surface area contributed by atoms with Gasteiger partial charge in [-0.2, -0.15) is 0 Å². The van der Waals surface area contributed by atoms with Crippen LogP contribution >= 0.6 is 0 Å². The molecule has 3 unspecified atom stereocenters. The summed E-state index contributed by atoms with van der Waals surface area (Å²) < 4.78 is 33.2. The fourth-order valence-electron chi connectivity index (χ4n) is 4.48. The Bertz CT molecular complexity index is 517. The molecule has 2 saturated heterocycles. The highest BCUT2D eigenvalue weighted by molar-refractivity contribution is 5.83. The van der Waals surface area contributed by atoms with Crippen LogP contribution in [0.1, 0.15) is 32.1 Å². The first-order chi connectivity index (χ1) is 10.4. The van der Waals surface area contributed by atoms with Crippen LogP contribution in [0.25, 0.3) is 0 Å². The summed E-state index contributed by atoms with van der Waals surface area (Å²) in [5.74, 6) is -4.31. The van der Waals surface area contributed by atoms with E-state index in [1.165, 1.54) is 0 Å². The lowest BCUT2D eigenvalue weighted by molar-refractivity contribution is -0.140. The fourth-order valence-corrected chi connectivity index (χ4v) is 4.48. The van der Waals surface area contributed by atoms with Gasteiger partial charge in [-0.25, -0.2) is 8.78 Å². The Morgan fingerprint density at radius 1 is 1.27 bits per heavy atom. The van der Waals surface area contributed by atoms with Crippen LogP contribution in [0.3, 0.4) is 0 Å². The number of carbonyl (C=O) groups is 2. The topological polar surface area (TPSA) is 58.6 Å². The number of hydrogen-bond donors (Lipinski definition) is 1. The summed E-state index contributed by atoms with van der Waals surface area (Å²) in [4.78, 5) is 25.5. The van der Waals surface area contributed by atoms with Crippen molar-refractivity contribution in [2.45, 2.75) is 43.8 Å². The molecule has 2 heterocycles. The van der Waals surface area contributed by atoms with Gasteiger partial charge in [0.15, 0.2) is 0 Å². The van der Waals surface area contributed by atoms with Crippen molar-refractivity contribution < 1.29 is 23.1 Å². The number of halogens is 2. The number of piperidine rings is 1. The van der Waals surface area contributed by atoms with Gasteiger partial charge in [0.2, 0.25) is 11.8 Å². The zero-order chi connectivity index (χ0) is 15.5. The highest BCUT2D eigenvalue weighted by atomic mass is 19.3. The maximum Gasteiger partial charge on any atom is 0.252 e. The molecule has 7 heteroatoms. The quantitative estimate of drug-likeness (QED) is 0.789. The molecule has 5 nitrogen and oxygen atoms in total. The Kier molecular flexibility index (Phi) is 3.02. The summed E-state index contributed by atoms with van der Waals surface area (Å²) in [5, 5.41) is 2.82. The molecule has 0 radical (unpaired) electrons. The molecule has 2 saturated carbocycles. The van der Waals surface area contributed by atoms with E-state index in [0.717, 1.165) is 6.42 Å². The SMILES string of the molecule is O=C1COC2(CCN(C(=O)C3C4CCCC(F)(F)C43)CC2)N1. The number of nitrogens with one attached hydrogen (secondary N) is 1. The lowest BCUT2D eigenvalue weighted by Crippen LogP contribution is -2.53. The maximum atomic E-state index is 13.9. The van der Waals surface area contributed by atoms with Crippen LogP contribution in [0.4, 0.5) is 8.78 Å². The average molecular weight is 314 g/mol. The first-order valence-corrected chi connectivity index (χ1v) is 8.03. The van der Waals surface area contributed by atoms with E-state index in [1.807, 2.05) is 0 Å². The van der Waals surface area contributed by atoms with Crippen molar-refractivity contribution in [3.05, 3.63) is 0 Å². The molecule has 4 aliphatic rings. The minimum atomic E-state index is -2.68. The van der Waals surface area contributed by atoms with Crippen molar-refractivity contribution >= 4 is 11.8 Å². The Labute approximate surface area is 127 Å². The largest absolute Gasteiger partial charge is 0.346 e. The highest BCUT2D eigenvalue weighted by Gasteiger charge is 2.68. The first-order valence-electron chi connectivity index (χ1n) is 8.03. The zero-order valence-corrected chi connectivity index (χ0v) is 12.3. The Balaban J connectivity index is 1.38. The normalized spacial score (nSPS) is 38.5. The van der Waals surface area contributed by atoms with Gasteiger partial charge in [0, 0.05) is 38.3 Å². The van der Waals surface area contributed by atoms with Crippen LogP contribution < -0.4 is 5.32 Å². The molecule has 0 aromatic heterocycles. The Morgan fingerprint density at radius 3 is 2.59 bits per heavy atom. The molecule has 1 N–H and O–H groups in total. The predicted octanol–water partition coefficient (Wildman–Crippen LogP) is 1.13. The van der Waals surface area contributed by atoms with Crippen molar-refractivity contribution in [3.63, 3.8) is 0 Å². The van der Waals surface area contributed by atoms with Gasteiger partial charge in [0.05, 0.1) is 5.92 Å². The Morgan fingerprint density at radius 2 is 2.00 bits per heavy atom. The van der Waals surface area contributed by atoms with E-state index >= 15 is 0 Å². The van der Waals surface area contributed by atoms with E-state index in [4.69, 9.17) is 4.74 Å².